The zero-order valence-electron chi connectivity index (χ0n) is 18.2. The van der Waals surface area contributed by atoms with E-state index in [1.807, 2.05) is 12.1 Å². The van der Waals surface area contributed by atoms with Crippen LogP contribution in [0, 0.1) is 5.41 Å². The first-order valence-electron chi connectivity index (χ1n) is 10.6. The van der Waals surface area contributed by atoms with Crippen LogP contribution in [0.4, 0.5) is 0 Å². The van der Waals surface area contributed by atoms with E-state index in [0.29, 0.717) is 43.8 Å². The van der Waals surface area contributed by atoms with Crippen molar-refractivity contribution in [3.63, 3.8) is 0 Å². The highest BCUT2D eigenvalue weighted by molar-refractivity contribution is 7.86. The van der Waals surface area contributed by atoms with Crippen LogP contribution in [-0.2, 0) is 10.2 Å². The molecular weight excluding hydrogens is 402 g/mol. The highest BCUT2D eigenvalue weighted by Gasteiger charge is 2.41. The lowest BCUT2D eigenvalue weighted by molar-refractivity contribution is 0.0912. The van der Waals surface area contributed by atoms with Gasteiger partial charge in [0.25, 0.3) is 16.1 Å². The van der Waals surface area contributed by atoms with E-state index in [2.05, 4.69) is 11.4 Å². The molecule has 1 fully saturated rings. The molecule has 30 heavy (non-hydrogen) atoms. The SMILES string of the molecule is COc1ccccc1C(=O)NCC1(C2=CCCCC2)CCN(S(=O)(=O)N(C)C)CC1. The molecule has 8 heteroatoms. The van der Waals surface area contributed by atoms with Gasteiger partial charge in [0.15, 0.2) is 0 Å². The number of nitrogens with zero attached hydrogens (tertiary/aromatic N) is 2. The molecule has 1 amide bonds. The molecule has 3 rings (SSSR count). The van der Waals surface area contributed by atoms with Gasteiger partial charge in [0.1, 0.15) is 5.75 Å². The highest BCUT2D eigenvalue weighted by Crippen LogP contribution is 2.43. The number of rotatable bonds is 7. The number of nitrogens with one attached hydrogen (secondary N) is 1. The maximum atomic E-state index is 12.9. The van der Waals surface area contributed by atoms with Crippen molar-refractivity contribution in [2.24, 2.45) is 5.41 Å². The van der Waals surface area contributed by atoms with Gasteiger partial charge in [-0.3, -0.25) is 4.79 Å². The monoisotopic (exact) mass is 435 g/mol. The minimum Gasteiger partial charge on any atom is -0.496 e. The van der Waals surface area contributed by atoms with Gasteiger partial charge in [-0.05, 0) is 50.7 Å². The number of hydrogen-bond acceptors (Lipinski definition) is 4. The second kappa shape index (κ2) is 9.49. The van der Waals surface area contributed by atoms with Crippen LogP contribution in [0.25, 0.3) is 0 Å². The smallest absolute Gasteiger partial charge is 0.281 e. The number of para-hydroxylation sites is 1. The Hall–Kier alpha value is -1.90. The fourth-order valence-electron chi connectivity index (χ4n) is 4.48. The van der Waals surface area contributed by atoms with E-state index < -0.39 is 10.2 Å². The van der Waals surface area contributed by atoms with Crippen LogP contribution in [0.15, 0.2) is 35.9 Å². The molecule has 0 spiro atoms. The third-order valence-corrected chi connectivity index (χ3v) is 8.32. The molecule has 1 aliphatic heterocycles. The maximum Gasteiger partial charge on any atom is 0.281 e. The zero-order valence-corrected chi connectivity index (χ0v) is 19.0. The Balaban J connectivity index is 1.77. The second-order valence-corrected chi connectivity index (χ2v) is 10.5. The summed E-state index contributed by atoms with van der Waals surface area (Å²) >= 11 is 0. The lowest BCUT2D eigenvalue weighted by atomic mass is 9.69. The minimum atomic E-state index is -3.42. The molecule has 0 radical (unpaired) electrons. The number of allylic oxidation sites excluding steroid dienone is 1. The summed E-state index contributed by atoms with van der Waals surface area (Å²) in [5, 5.41) is 3.12. The Morgan fingerprint density at radius 3 is 2.50 bits per heavy atom. The van der Waals surface area contributed by atoms with Gasteiger partial charge in [0.05, 0.1) is 12.7 Å². The lowest BCUT2D eigenvalue weighted by Crippen LogP contribution is -2.51. The number of carbonyl (C=O) groups excluding carboxylic acids is 1. The molecule has 0 unspecified atom stereocenters. The summed E-state index contributed by atoms with van der Waals surface area (Å²) in [5.41, 5.74) is 1.69. The molecule has 0 aromatic heterocycles. The number of carbonyl (C=O) groups is 1. The second-order valence-electron chi connectivity index (χ2n) is 8.33. The quantitative estimate of drug-likeness (QED) is 0.668. The number of methoxy groups -OCH3 is 1. The van der Waals surface area contributed by atoms with Crippen molar-refractivity contribution in [3.8, 4) is 5.75 Å². The Labute approximate surface area is 180 Å². The van der Waals surface area contributed by atoms with E-state index in [0.717, 1.165) is 19.3 Å². The normalized spacial score (nSPS) is 19.9. The molecule has 1 aromatic carbocycles. The molecule has 1 aromatic rings. The minimum absolute atomic E-state index is 0.161. The van der Waals surface area contributed by atoms with Gasteiger partial charge in [-0.2, -0.15) is 17.0 Å². The van der Waals surface area contributed by atoms with Crippen LogP contribution in [0.1, 0.15) is 48.9 Å². The summed E-state index contributed by atoms with van der Waals surface area (Å²) < 4.78 is 33.2. The van der Waals surface area contributed by atoms with Gasteiger partial charge in [-0.1, -0.05) is 23.8 Å². The third-order valence-electron chi connectivity index (χ3n) is 6.38. The van der Waals surface area contributed by atoms with Gasteiger partial charge in [-0.15, -0.1) is 0 Å². The van der Waals surface area contributed by atoms with Gasteiger partial charge >= 0.3 is 0 Å². The predicted octanol–water partition coefficient (Wildman–Crippen LogP) is 2.81. The fourth-order valence-corrected chi connectivity index (χ4v) is 5.59. The molecule has 0 saturated carbocycles. The fraction of sp³-hybridized carbons (Fsp3) is 0.591. The summed E-state index contributed by atoms with van der Waals surface area (Å²) in [6, 6.07) is 7.19. The Bertz CT molecular complexity index is 887. The van der Waals surface area contributed by atoms with E-state index >= 15 is 0 Å². The average molecular weight is 436 g/mol. The number of amides is 1. The molecule has 1 N–H and O–H groups in total. The van der Waals surface area contributed by atoms with Crippen molar-refractivity contribution >= 4 is 16.1 Å². The van der Waals surface area contributed by atoms with Crippen molar-refractivity contribution in [2.45, 2.75) is 38.5 Å². The van der Waals surface area contributed by atoms with Crippen molar-refractivity contribution in [1.82, 2.24) is 13.9 Å². The van der Waals surface area contributed by atoms with Crippen LogP contribution in [0.3, 0.4) is 0 Å². The first-order chi connectivity index (χ1) is 14.3. The van der Waals surface area contributed by atoms with Gasteiger partial charge in [0, 0.05) is 39.1 Å². The highest BCUT2D eigenvalue weighted by atomic mass is 32.2. The zero-order chi connectivity index (χ0) is 21.8. The first-order valence-corrected chi connectivity index (χ1v) is 12.0. The summed E-state index contributed by atoms with van der Waals surface area (Å²) in [6.45, 7) is 1.43. The number of ether oxygens (including phenoxy) is 1. The standard InChI is InChI=1S/C22H33N3O4S/c1-24(2)30(27,28)25-15-13-22(14-16-25,18-9-5-4-6-10-18)17-23-21(26)19-11-7-8-12-20(19)29-3/h7-9,11-12H,4-6,10,13-17H2,1-3H3,(H,23,26). The molecule has 1 saturated heterocycles. The van der Waals surface area contributed by atoms with Crippen LogP contribution < -0.4 is 10.1 Å². The van der Waals surface area contributed by atoms with E-state index in [1.54, 1.807) is 37.6 Å². The van der Waals surface area contributed by atoms with E-state index in [4.69, 9.17) is 4.74 Å². The maximum absolute atomic E-state index is 12.9. The molecule has 7 nitrogen and oxygen atoms in total. The Morgan fingerprint density at radius 1 is 1.20 bits per heavy atom. The topological polar surface area (TPSA) is 79.0 Å². The van der Waals surface area contributed by atoms with Crippen molar-refractivity contribution in [1.29, 1.82) is 0 Å². The molecule has 0 bridgehead atoms. The van der Waals surface area contributed by atoms with Gasteiger partial charge in [0.2, 0.25) is 0 Å². The summed E-state index contributed by atoms with van der Waals surface area (Å²) in [4.78, 5) is 12.9. The molecule has 1 heterocycles. The Kier molecular flexibility index (Phi) is 7.21. The number of hydrogen-bond donors (Lipinski definition) is 1. The number of piperidine rings is 1. The molecule has 0 atom stereocenters. The Morgan fingerprint density at radius 2 is 1.90 bits per heavy atom. The summed E-state index contributed by atoms with van der Waals surface area (Å²) in [6.07, 6.45) is 8.13. The van der Waals surface area contributed by atoms with Crippen LogP contribution in [0.5, 0.6) is 5.75 Å². The third kappa shape index (κ3) is 4.71. The number of benzene rings is 1. The van der Waals surface area contributed by atoms with Crippen LogP contribution in [-0.4, -0.2) is 63.8 Å². The molecule has 1 aliphatic carbocycles. The predicted molar refractivity (Wildman–Crippen MR) is 118 cm³/mol. The van der Waals surface area contributed by atoms with Crippen molar-refractivity contribution < 1.29 is 17.9 Å². The van der Waals surface area contributed by atoms with E-state index in [1.165, 1.54) is 16.3 Å². The molecule has 2 aliphatic rings. The van der Waals surface area contributed by atoms with E-state index in [-0.39, 0.29) is 11.3 Å². The van der Waals surface area contributed by atoms with Gasteiger partial charge < -0.3 is 10.1 Å². The summed E-state index contributed by atoms with van der Waals surface area (Å²) in [5.74, 6) is 0.388. The van der Waals surface area contributed by atoms with E-state index in [9.17, 15) is 13.2 Å². The lowest BCUT2D eigenvalue weighted by Gasteiger charge is -2.44. The van der Waals surface area contributed by atoms with Crippen LogP contribution in [0.2, 0.25) is 0 Å². The van der Waals surface area contributed by atoms with Gasteiger partial charge in [-0.25, -0.2) is 0 Å². The summed E-state index contributed by atoms with van der Waals surface area (Å²) in [7, 11) is 1.26. The average Bonchev–Trinajstić information content (AvgIpc) is 2.78. The molecular formula is C22H33N3O4S. The first kappa shape index (κ1) is 22.8. The molecule has 166 valence electrons. The largest absolute Gasteiger partial charge is 0.496 e. The van der Waals surface area contributed by atoms with Crippen molar-refractivity contribution in [3.05, 3.63) is 41.5 Å². The van der Waals surface area contributed by atoms with Crippen molar-refractivity contribution in [2.75, 3.05) is 40.8 Å². The van der Waals surface area contributed by atoms with Crippen LogP contribution >= 0.6 is 0 Å².